The van der Waals surface area contributed by atoms with Crippen LogP contribution in [0.25, 0.3) is 0 Å². The standard InChI is InChI=1S/C18H23N3O/c1-14(2)12-20-16-8-9-17(21-13-16)18(22)19-11-10-15-6-4-3-5-7-15/h3-9,13-14,20H,10-12H2,1-2H3,(H,19,22). The molecular weight excluding hydrogens is 274 g/mol. The summed E-state index contributed by atoms with van der Waals surface area (Å²) < 4.78 is 0. The van der Waals surface area contributed by atoms with Crippen molar-refractivity contribution in [3.63, 3.8) is 0 Å². The highest BCUT2D eigenvalue weighted by molar-refractivity contribution is 5.92. The number of pyridine rings is 1. The molecule has 1 amide bonds. The predicted molar refractivity (Wildman–Crippen MR) is 90.0 cm³/mol. The van der Waals surface area contributed by atoms with Crippen LogP contribution in [0, 0.1) is 5.92 Å². The van der Waals surface area contributed by atoms with E-state index >= 15 is 0 Å². The minimum atomic E-state index is -0.133. The number of carbonyl (C=O) groups is 1. The number of benzene rings is 1. The van der Waals surface area contributed by atoms with Gasteiger partial charge >= 0.3 is 0 Å². The quantitative estimate of drug-likeness (QED) is 0.825. The summed E-state index contributed by atoms with van der Waals surface area (Å²) in [6.45, 7) is 5.80. The first-order chi connectivity index (χ1) is 10.6. The SMILES string of the molecule is CC(C)CNc1ccc(C(=O)NCCc2ccccc2)nc1. The average Bonchev–Trinajstić information content (AvgIpc) is 2.54. The normalized spacial score (nSPS) is 10.5. The minimum absolute atomic E-state index is 0.133. The second-order valence-electron chi connectivity index (χ2n) is 5.70. The number of hydrogen-bond acceptors (Lipinski definition) is 3. The van der Waals surface area contributed by atoms with Crippen molar-refractivity contribution in [2.45, 2.75) is 20.3 Å². The second kappa shape index (κ2) is 8.17. The van der Waals surface area contributed by atoms with E-state index in [2.05, 4.69) is 41.6 Å². The molecule has 2 aromatic rings. The molecule has 1 aromatic heterocycles. The summed E-state index contributed by atoms with van der Waals surface area (Å²) in [5.74, 6) is 0.437. The van der Waals surface area contributed by atoms with Gasteiger partial charge in [0, 0.05) is 13.1 Å². The van der Waals surface area contributed by atoms with Crippen molar-refractivity contribution in [1.82, 2.24) is 10.3 Å². The fourth-order valence-electron chi connectivity index (χ4n) is 2.01. The molecule has 116 valence electrons. The van der Waals surface area contributed by atoms with Crippen LogP contribution in [-0.2, 0) is 6.42 Å². The maximum absolute atomic E-state index is 12.0. The molecule has 0 saturated carbocycles. The van der Waals surface area contributed by atoms with Gasteiger partial charge in [-0.2, -0.15) is 0 Å². The lowest BCUT2D eigenvalue weighted by Crippen LogP contribution is -2.26. The Kier molecular flexibility index (Phi) is 5.95. The Morgan fingerprint density at radius 2 is 1.91 bits per heavy atom. The van der Waals surface area contributed by atoms with Crippen molar-refractivity contribution in [2.75, 3.05) is 18.4 Å². The largest absolute Gasteiger partial charge is 0.384 e. The molecule has 1 aromatic carbocycles. The fourth-order valence-corrected chi connectivity index (χ4v) is 2.01. The Bertz CT molecular complexity index is 579. The number of anilines is 1. The molecule has 22 heavy (non-hydrogen) atoms. The Morgan fingerprint density at radius 3 is 2.55 bits per heavy atom. The van der Waals surface area contributed by atoms with E-state index < -0.39 is 0 Å². The lowest BCUT2D eigenvalue weighted by Gasteiger charge is -2.09. The van der Waals surface area contributed by atoms with Crippen molar-refractivity contribution in [3.8, 4) is 0 Å². The molecule has 0 unspecified atom stereocenters. The molecule has 2 N–H and O–H groups in total. The number of hydrogen-bond donors (Lipinski definition) is 2. The van der Waals surface area contributed by atoms with Crippen LogP contribution in [-0.4, -0.2) is 24.0 Å². The molecule has 0 fully saturated rings. The fraction of sp³-hybridized carbons (Fsp3) is 0.333. The third-order valence-electron chi connectivity index (χ3n) is 3.25. The van der Waals surface area contributed by atoms with Gasteiger partial charge in [-0.1, -0.05) is 44.2 Å². The topological polar surface area (TPSA) is 54.0 Å². The molecular formula is C18H23N3O. The highest BCUT2D eigenvalue weighted by atomic mass is 16.1. The Labute approximate surface area is 132 Å². The summed E-state index contributed by atoms with van der Waals surface area (Å²) >= 11 is 0. The molecule has 0 saturated heterocycles. The number of nitrogens with one attached hydrogen (secondary N) is 2. The smallest absolute Gasteiger partial charge is 0.269 e. The van der Waals surface area contributed by atoms with Crippen LogP contribution in [0.1, 0.15) is 29.9 Å². The van der Waals surface area contributed by atoms with E-state index in [4.69, 9.17) is 0 Å². The third kappa shape index (κ3) is 5.20. The zero-order chi connectivity index (χ0) is 15.8. The molecule has 0 aliphatic carbocycles. The lowest BCUT2D eigenvalue weighted by atomic mass is 10.1. The van der Waals surface area contributed by atoms with Crippen molar-refractivity contribution in [3.05, 3.63) is 59.9 Å². The van der Waals surface area contributed by atoms with Gasteiger partial charge in [0.1, 0.15) is 5.69 Å². The monoisotopic (exact) mass is 297 g/mol. The zero-order valence-electron chi connectivity index (χ0n) is 13.2. The predicted octanol–water partition coefficient (Wildman–Crippen LogP) is 3.12. The van der Waals surface area contributed by atoms with E-state index in [9.17, 15) is 4.79 Å². The Balaban J connectivity index is 1.79. The molecule has 0 aliphatic heterocycles. The summed E-state index contributed by atoms with van der Waals surface area (Å²) in [6, 6.07) is 13.7. The lowest BCUT2D eigenvalue weighted by molar-refractivity contribution is 0.0949. The van der Waals surface area contributed by atoms with Gasteiger partial charge in [0.2, 0.25) is 0 Å². The van der Waals surface area contributed by atoms with Gasteiger partial charge in [-0.25, -0.2) is 4.98 Å². The maximum atomic E-state index is 12.0. The average molecular weight is 297 g/mol. The molecule has 4 heteroatoms. The molecule has 0 radical (unpaired) electrons. The highest BCUT2D eigenvalue weighted by Crippen LogP contribution is 2.07. The van der Waals surface area contributed by atoms with Crippen LogP contribution in [0.15, 0.2) is 48.7 Å². The van der Waals surface area contributed by atoms with Crippen LogP contribution in [0.2, 0.25) is 0 Å². The van der Waals surface area contributed by atoms with E-state index in [0.717, 1.165) is 18.7 Å². The number of amides is 1. The van der Waals surface area contributed by atoms with Crippen molar-refractivity contribution in [1.29, 1.82) is 0 Å². The van der Waals surface area contributed by atoms with Gasteiger partial charge < -0.3 is 10.6 Å². The van der Waals surface area contributed by atoms with Crippen LogP contribution in [0.4, 0.5) is 5.69 Å². The highest BCUT2D eigenvalue weighted by Gasteiger charge is 2.06. The van der Waals surface area contributed by atoms with Crippen molar-refractivity contribution >= 4 is 11.6 Å². The minimum Gasteiger partial charge on any atom is -0.384 e. The first-order valence-electron chi connectivity index (χ1n) is 7.67. The van der Waals surface area contributed by atoms with Gasteiger partial charge in [0.15, 0.2) is 0 Å². The van der Waals surface area contributed by atoms with E-state index in [1.54, 1.807) is 12.3 Å². The molecule has 0 aliphatic rings. The van der Waals surface area contributed by atoms with E-state index in [-0.39, 0.29) is 5.91 Å². The first-order valence-corrected chi connectivity index (χ1v) is 7.67. The van der Waals surface area contributed by atoms with Gasteiger partial charge in [-0.15, -0.1) is 0 Å². The van der Waals surface area contributed by atoms with Crippen LogP contribution < -0.4 is 10.6 Å². The second-order valence-corrected chi connectivity index (χ2v) is 5.70. The van der Waals surface area contributed by atoms with E-state index in [1.165, 1.54) is 5.56 Å². The molecule has 1 heterocycles. The van der Waals surface area contributed by atoms with Crippen LogP contribution in [0.5, 0.6) is 0 Å². The van der Waals surface area contributed by atoms with Crippen LogP contribution in [0.3, 0.4) is 0 Å². The Morgan fingerprint density at radius 1 is 1.14 bits per heavy atom. The summed E-state index contributed by atoms with van der Waals surface area (Å²) in [4.78, 5) is 16.2. The number of rotatable bonds is 7. The number of carbonyl (C=O) groups excluding carboxylic acids is 1. The van der Waals surface area contributed by atoms with Crippen molar-refractivity contribution < 1.29 is 4.79 Å². The van der Waals surface area contributed by atoms with Crippen molar-refractivity contribution in [2.24, 2.45) is 5.92 Å². The molecule has 0 bridgehead atoms. The number of aromatic nitrogens is 1. The molecule has 2 rings (SSSR count). The molecule has 0 spiro atoms. The summed E-state index contributed by atoms with van der Waals surface area (Å²) in [5.41, 5.74) is 2.60. The molecule has 4 nitrogen and oxygen atoms in total. The summed E-state index contributed by atoms with van der Waals surface area (Å²) in [6.07, 6.45) is 2.52. The third-order valence-corrected chi connectivity index (χ3v) is 3.25. The summed E-state index contributed by atoms with van der Waals surface area (Å²) in [7, 11) is 0. The van der Waals surface area contributed by atoms with E-state index in [1.807, 2.05) is 24.3 Å². The maximum Gasteiger partial charge on any atom is 0.269 e. The number of nitrogens with zero attached hydrogens (tertiary/aromatic N) is 1. The van der Waals surface area contributed by atoms with Gasteiger partial charge in [-0.3, -0.25) is 4.79 Å². The zero-order valence-corrected chi connectivity index (χ0v) is 13.2. The first kappa shape index (κ1) is 16.0. The molecule has 0 atom stereocenters. The van der Waals surface area contributed by atoms with E-state index in [0.29, 0.717) is 18.2 Å². The van der Waals surface area contributed by atoms with Gasteiger partial charge in [0.25, 0.3) is 5.91 Å². The van der Waals surface area contributed by atoms with Crippen LogP contribution >= 0.6 is 0 Å². The Hall–Kier alpha value is -2.36. The summed E-state index contributed by atoms with van der Waals surface area (Å²) in [5, 5.41) is 6.18. The van der Waals surface area contributed by atoms with Gasteiger partial charge in [-0.05, 0) is 30.0 Å². The van der Waals surface area contributed by atoms with Gasteiger partial charge in [0.05, 0.1) is 11.9 Å².